The van der Waals surface area contributed by atoms with Gasteiger partial charge in [0.1, 0.15) is 6.10 Å². The van der Waals surface area contributed by atoms with Gasteiger partial charge in [0.2, 0.25) is 21.8 Å². The van der Waals surface area contributed by atoms with Gasteiger partial charge in [-0.2, -0.15) is 0 Å². The van der Waals surface area contributed by atoms with Gasteiger partial charge in [-0.3, -0.25) is 9.59 Å². The first kappa shape index (κ1) is 18.4. The average Bonchev–Trinajstić information content (AvgIpc) is 3.23. The molecule has 0 saturated carbocycles. The molecule has 1 N–H and O–H groups in total. The third-order valence-corrected chi connectivity index (χ3v) is 6.35. The number of likely N-dealkylation sites (tertiary alicyclic amines) is 1. The standard InChI is InChI=1S/C18H23N3O5S/c1-27(24,25)19-9-7-16(22)20-10-8-18-15(20)11-17(23)21(18)12-14(26-18)13-5-3-2-4-6-13/h2-6,14-15,19H,7-12H2,1H3/t14-,15-,18+/m1/s1. The summed E-state index contributed by atoms with van der Waals surface area (Å²) in [7, 11) is -3.33. The molecule has 27 heavy (non-hydrogen) atoms. The van der Waals surface area contributed by atoms with Crippen LogP contribution in [0.1, 0.15) is 30.9 Å². The van der Waals surface area contributed by atoms with Gasteiger partial charge in [0.05, 0.1) is 25.3 Å². The second-order valence-electron chi connectivity index (χ2n) is 7.34. The Labute approximate surface area is 158 Å². The van der Waals surface area contributed by atoms with Crippen molar-refractivity contribution in [3.05, 3.63) is 35.9 Å². The maximum Gasteiger partial charge on any atom is 0.227 e. The Morgan fingerprint density at radius 3 is 2.78 bits per heavy atom. The van der Waals surface area contributed by atoms with Crippen LogP contribution in [-0.4, -0.2) is 67.7 Å². The van der Waals surface area contributed by atoms with E-state index in [4.69, 9.17) is 4.74 Å². The SMILES string of the molecule is CS(=O)(=O)NCCC(=O)N1CC[C@@]23O[C@@H](c4ccccc4)CN2C(=O)C[C@@H]13. The maximum atomic E-state index is 12.6. The predicted octanol–water partition coefficient (Wildman–Crippen LogP) is 0.227. The van der Waals surface area contributed by atoms with Crippen molar-refractivity contribution in [2.45, 2.75) is 37.1 Å². The topological polar surface area (TPSA) is 96.0 Å². The van der Waals surface area contributed by atoms with E-state index < -0.39 is 15.7 Å². The van der Waals surface area contributed by atoms with Gasteiger partial charge in [-0.25, -0.2) is 13.1 Å². The summed E-state index contributed by atoms with van der Waals surface area (Å²) in [4.78, 5) is 28.7. The minimum Gasteiger partial charge on any atom is -0.343 e. The molecular formula is C18H23N3O5S. The molecule has 1 aromatic rings. The van der Waals surface area contributed by atoms with Gasteiger partial charge in [-0.1, -0.05) is 30.3 Å². The van der Waals surface area contributed by atoms with E-state index in [2.05, 4.69) is 4.72 Å². The van der Waals surface area contributed by atoms with Gasteiger partial charge in [-0.05, 0) is 5.56 Å². The third kappa shape index (κ3) is 3.24. The van der Waals surface area contributed by atoms with E-state index in [1.165, 1.54) is 0 Å². The molecule has 3 heterocycles. The molecule has 9 heteroatoms. The molecule has 0 bridgehead atoms. The number of sulfonamides is 1. The highest BCUT2D eigenvalue weighted by atomic mass is 32.2. The molecule has 3 fully saturated rings. The van der Waals surface area contributed by atoms with Crippen LogP contribution < -0.4 is 4.72 Å². The first-order chi connectivity index (χ1) is 12.8. The second kappa shape index (κ2) is 6.57. The van der Waals surface area contributed by atoms with Gasteiger partial charge >= 0.3 is 0 Å². The molecule has 8 nitrogen and oxygen atoms in total. The average molecular weight is 393 g/mol. The van der Waals surface area contributed by atoms with Crippen molar-refractivity contribution >= 4 is 21.8 Å². The summed E-state index contributed by atoms with van der Waals surface area (Å²) in [5.74, 6) is -0.153. The zero-order valence-corrected chi connectivity index (χ0v) is 15.9. The number of hydrogen-bond acceptors (Lipinski definition) is 5. The van der Waals surface area contributed by atoms with E-state index >= 15 is 0 Å². The Balaban J connectivity index is 1.49. The number of nitrogens with one attached hydrogen (secondary N) is 1. The fourth-order valence-electron chi connectivity index (χ4n) is 4.45. The van der Waals surface area contributed by atoms with Crippen molar-refractivity contribution in [2.24, 2.45) is 0 Å². The van der Waals surface area contributed by atoms with Crippen molar-refractivity contribution in [2.75, 3.05) is 25.9 Å². The number of benzene rings is 1. The summed E-state index contributed by atoms with van der Waals surface area (Å²) in [6, 6.07) is 9.47. The molecule has 3 atom stereocenters. The summed E-state index contributed by atoms with van der Waals surface area (Å²) in [5, 5.41) is 0. The molecule has 1 aromatic carbocycles. The molecule has 0 unspecified atom stereocenters. The molecule has 2 amide bonds. The number of amides is 2. The molecule has 3 aliphatic rings. The highest BCUT2D eigenvalue weighted by Gasteiger charge is 2.64. The lowest BCUT2D eigenvalue weighted by Crippen LogP contribution is -2.49. The van der Waals surface area contributed by atoms with Crippen LogP contribution in [0.2, 0.25) is 0 Å². The Kier molecular flexibility index (Phi) is 4.48. The molecule has 146 valence electrons. The zero-order valence-electron chi connectivity index (χ0n) is 15.1. The first-order valence-corrected chi connectivity index (χ1v) is 11.0. The van der Waals surface area contributed by atoms with Crippen LogP contribution in [0.4, 0.5) is 0 Å². The Morgan fingerprint density at radius 2 is 2.07 bits per heavy atom. The maximum absolute atomic E-state index is 12.6. The van der Waals surface area contributed by atoms with Gasteiger partial charge in [0.25, 0.3) is 0 Å². The lowest BCUT2D eigenvalue weighted by Gasteiger charge is -2.32. The van der Waals surface area contributed by atoms with Crippen LogP contribution >= 0.6 is 0 Å². The largest absolute Gasteiger partial charge is 0.343 e. The summed E-state index contributed by atoms with van der Waals surface area (Å²) < 4.78 is 31.1. The molecule has 1 spiro atoms. The summed E-state index contributed by atoms with van der Waals surface area (Å²) in [5.41, 5.74) is 0.271. The number of ether oxygens (including phenoxy) is 1. The molecule has 0 radical (unpaired) electrons. The van der Waals surface area contributed by atoms with Crippen LogP contribution in [-0.2, 0) is 24.3 Å². The fourth-order valence-corrected chi connectivity index (χ4v) is 4.92. The molecule has 0 aromatic heterocycles. The smallest absolute Gasteiger partial charge is 0.227 e. The Morgan fingerprint density at radius 1 is 1.33 bits per heavy atom. The summed E-state index contributed by atoms with van der Waals surface area (Å²) in [6.07, 6.45) is 1.77. The normalized spacial score (nSPS) is 29.9. The Hall–Kier alpha value is -1.97. The van der Waals surface area contributed by atoms with Gasteiger partial charge in [0, 0.05) is 25.9 Å². The highest BCUT2D eigenvalue weighted by Crippen LogP contribution is 2.50. The molecule has 0 aliphatic carbocycles. The van der Waals surface area contributed by atoms with E-state index in [0.717, 1.165) is 11.8 Å². The summed E-state index contributed by atoms with van der Waals surface area (Å²) >= 11 is 0. The van der Waals surface area contributed by atoms with Crippen LogP contribution in [0.25, 0.3) is 0 Å². The fraction of sp³-hybridized carbons (Fsp3) is 0.556. The van der Waals surface area contributed by atoms with Crippen molar-refractivity contribution in [1.82, 2.24) is 14.5 Å². The lowest BCUT2D eigenvalue weighted by atomic mass is 10.1. The zero-order chi connectivity index (χ0) is 19.2. The summed E-state index contributed by atoms with van der Waals surface area (Å²) in [6.45, 7) is 1.06. The van der Waals surface area contributed by atoms with E-state index in [9.17, 15) is 18.0 Å². The molecular weight excluding hydrogens is 370 g/mol. The van der Waals surface area contributed by atoms with Crippen LogP contribution in [0, 0.1) is 0 Å². The van der Waals surface area contributed by atoms with Crippen LogP contribution in [0.3, 0.4) is 0 Å². The monoisotopic (exact) mass is 393 g/mol. The molecule has 3 saturated heterocycles. The van der Waals surface area contributed by atoms with Crippen molar-refractivity contribution in [1.29, 1.82) is 0 Å². The van der Waals surface area contributed by atoms with Gasteiger partial charge in [-0.15, -0.1) is 0 Å². The number of hydrogen-bond donors (Lipinski definition) is 1. The predicted molar refractivity (Wildman–Crippen MR) is 96.9 cm³/mol. The van der Waals surface area contributed by atoms with E-state index in [1.54, 1.807) is 9.80 Å². The number of rotatable bonds is 5. The van der Waals surface area contributed by atoms with Crippen LogP contribution in [0.15, 0.2) is 30.3 Å². The molecule has 4 rings (SSSR count). The minimum absolute atomic E-state index is 0.00481. The lowest BCUT2D eigenvalue weighted by molar-refractivity contribution is -0.142. The highest BCUT2D eigenvalue weighted by molar-refractivity contribution is 7.88. The Bertz CT molecular complexity index is 859. The van der Waals surface area contributed by atoms with Crippen molar-refractivity contribution in [3.8, 4) is 0 Å². The van der Waals surface area contributed by atoms with E-state index in [0.29, 0.717) is 19.5 Å². The minimum atomic E-state index is -3.33. The van der Waals surface area contributed by atoms with Gasteiger partial charge < -0.3 is 14.5 Å². The first-order valence-electron chi connectivity index (χ1n) is 9.07. The number of carbonyl (C=O) groups excluding carboxylic acids is 2. The third-order valence-electron chi connectivity index (χ3n) is 5.62. The quantitative estimate of drug-likeness (QED) is 0.772. The number of carbonyl (C=O) groups is 2. The van der Waals surface area contributed by atoms with E-state index in [-0.39, 0.29) is 43.3 Å². The second-order valence-corrected chi connectivity index (χ2v) is 9.17. The number of nitrogens with zero attached hydrogens (tertiary/aromatic N) is 2. The molecule has 3 aliphatic heterocycles. The van der Waals surface area contributed by atoms with Crippen molar-refractivity contribution in [3.63, 3.8) is 0 Å². The van der Waals surface area contributed by atoms with Crippen molar-refractivity contribution < 1.29 is 22.7 Å². The van der Waals surface area contributed by atoms with E-state index in [1.807, 2.05) is 30.3 Å². The van der Waals surface area contributed by atoms with Gasteiger partial charge in [0.15, 0.2) is 5.72 Å². The van der Waals surface area contributed by atoms with Crippen LogP contribution in [0.5, 0.6) is 0 Å².